The molecule has 1 fully saturated rings. The smallest absolute Gasteiger partial charge is 0.417 e. The monoisotopic (exact) mass is 365 g/mol. The number of hydrogen-bond acceptors (Lipinski definition) is 5. The summed E-state index contributed by atoms with van der Waals surface area (Å²) in [6.07, 6.45) is -2.10. The number of hydrogen-bond donors (Lipinski definition) is 1. The van der Waals surface area contributed by atoms with Crippen LogP contribution in [0.15, 0.2) is 42.9 Å². The van der Waals surface area contributed by atoms with Crippen molar-refractivity contribution < 1.29 is 27.8 Å². The summed E-state index contributed by atoms with van der Waals surface area (Å²) in [5.74, 6) is 0.456. The third-order valence-electron chi connectivity index (χ3n) is 4.08. The van der Waals surface area contributed by atoms with Crippen LogP contribution in [0.5, 0.6) is 11.6 Å². The summed E-state index contributed by atoms with van der Waals surface area (Å²) in [7, 11) is 0. The van der Waals surface area contributed by atoms with Gasteiger partial charge in [0.2, 0.25) is 5.88 Å². The lowest BCUT2D eigenvalue weighted by atomic mass is 10.0. The fraction of sp³-hybridized carbons (Fsp3) is 0.294. The van der Waals surface area contributed by atoms with Gasteiger partial charge >= 0.3 is 6.18 Å². The molecule has 0 spiro atoms. The summed E-state index contributed by atoms with van der Waals surface area (Å²) in [5, 5.41) is 10.2. The van der Waals surface area contributed by atoms with Crippen molar-refractivity contribution in [3.63, 3.8) is 0 Å². The van der Waals surface area contributed by atoms with E-state index in [1.54, 1.807) is 29.1 Å². The lowest BCUT2D eigenvalue weighted by Gasteiger charge is -2.36. The highest BCUT2D eigenvalue weighted by atomic mass is 19.4. The average Bonchev–Trinajstić information content (AvgIpc) is 2.95. The SMILES string of the molecule is OC1(Cn2cnc3ccc(Oc4ccc(C(F)(F)F)cn4)cc32)COC1. The van der Waals surface area contributed by atoms with Crippen LogP contribution >= 0.6 is 0 Å². The molecule has 0 amide bonds. The maximum atomic E-state index is 12.6. The van der Waals surface area contributed by atoms with Crippen LogP contribution in [-0.4, -0.2) is 38.5 Å². The number of rotatable bonds is 4. The van der Waals surface area contributed by atoms with Crippen molar-refractivity contribution in [3.8, 4) is 11.6 Å². The predicted octanol–water partition coefficient (Wildman–Crippen LogP) is 3.00. The highest BCUT2D eigenvalue weighted by molar-refractivity contribution is 5.77. The number of alkyl halides is 3. The fourth-order valence-electron chi connectivity index (χ4n) is 2.70. The van der Waals surface area contributed by atoms with Crippen molar-refractivity contribution >= 4 is 11.0 Å². The van der Waals surface area contributed by atoms with Crippen LogP contribution in [0, 0.1) is 0 Å². The van der Waals surface area contributed by atoms with Gasteiger partial charge in [-0.3, -0.25) is 0 Å². The van der Waals surface area contributed by atoms with Gasteiger partial charge in [-0.2, -0.15) is 13.2 Å². The van der Waals surface area contributed by atoms with Gasteiger partial charge in [0.15, 0.2) is 0 Å². The molecule has 1 saturated heterocycles. The van der Waals surface area contributed by atoms with Gasteiger partial charge in [-0.25, -0.2) is 9.97 Å². The molecule has 0 saturated carbocycles. The number of fused-ring (bicyclic) bond motifs is 1. The van der Waals surface area contributed by atoms with Gasteiger partial charge in [0.05, 0.1) is 42.7 Å². The number of ether oxygens (including phenoxy) is 2. The van der Waals surface area contributed by atoms with Crippen molar-refractivity contribution in [2.45, 2.75) is 18.3 Å². The number of pyridine rings is 1. The quantitative estimate of drug-likeness (QED) is 0.770. The Morgan fingerprint density at radius 1 is 1.19 bits per heavy atom. The maximum absolute atomic E-state index is 12.6. The van der Waals surface area contributed by atoms with Gasteiger partial charge < -0.3 is 19.1 Å². The standard InChI is InChI=1S/C17H14F3N3O3/c18-17(19,20)11-1-4-15(21-6-11)26-12-2-3-13-14(5-12)23(10-22-13)7-16(24)8-25-9-16/h1-6,10,24H,7-9H2. The molecule has 1 aliphatic rings. The molecule has 1 aromatic carbocycles. The number of benzene rings is 1. The number of imidazole rings is 1. The summed E-state index contributed by atoms with van der Waals surface area (Å²) < 4.78 is 50.1. The summed E-state index contributed by atoms with van der Waals surface area (Å²) in [6.45, 7) is 0.849. The lowest BCUT2D eigenvalue weighted by Crippen LogP contribution is -2.52. The third-order valence-corrected chi connectivity index (χ3v) is 4.08. The molecule has 136 valence electrons. The lowest BCUT2D eigenvalue weighted by molar-refractivity contribution is -0.184. The van der Waals surface area contributed by atoms with Gasteiger partial charge in [0.1, 0.15) is 11.4 Å². The van der Waals surface area contributed by atoms with Crippen LogP contribution in [0.3, 0.4) is 0 Å². The zero-order chi connectivity index (χ0) is 18.4. The van der Waals surface area contributed by atoms with Crippen LogP contribution in [0.1, 0.15) is 5.56 Å². The van der Waals surface area contributed by atoms with E-state index in [1.165, 1.54) is 6.07 Å². The molecule has 0 radical (unpaired) electrons. The first kappa shape index (κ1) is 16.8. The number of halogens is 3. The normalized spacial score (nSPS) is 16.5. The van der Waals surface area contributed by atoms with Gasteiger partial charge in [-0.15, -0.1) is 0 Å². The maximum Gasteiger partial charge on any atom is 0.417 e. The van der Waals surface area contributed by atoms with E-state index in [-0.39, 0.29) is 19.1 Å². The van der Waals surface area contributed by atoms with Crippen LogP contribution in [0.4, 0.5) is 13.2 Å². The van der Waals surface area contributed by atoms with Gasteiger partial charge in [0.25, 0.3) is 0 Å². The Morgan fingerprint density at radius 3 is 2.62 bits per heavy atom. The minimum atomic E-state index is -4.44. The van der Waals surface area contributed by atoms with E-state index in [9.17, 15) is 18.3 Å². The molecular weight excluding hydrogens is 351 g/mol. The van der Waals surface area contributed by atoms with Crippen LogP contribution < -0.4 is 4.74 Å². The zero-order valence-electron chi connectivity index (χ0n) is 13.4. The van der Waals surface area contributed by atoms with Gasteiger partial charge in [-0.05, 0) is 18.2 Å². The van der Waals surface area contributed by atoms with Crippen LogP contribution in [0.2, 0.25) is 0 Å². The molecule has 9 heteroatoms. The minimum Gasteiger partial charge on any atom is -0.439 e. The highest BCUT2D eigenvalue weighted by Crippen LogP contribution is 2.31. The van der Waals surface area contributed by atoms with E-state index < -0.39 is 17.3 Å². The molecule has 26 heavy (non-hydrogen) atoms. The van der Waals surface area contributed by atoms with E-state index in [2.05, 4.69) is 9.97 Å². The topological polar surface area (TPSA) is 69.4 Å². The molecule has 3 heterocycles. The largest absolute Gasteiger partial charge is 0.439 e. The molecule has 6 nitrogen and oxygen atoms in total. The fourth-order valence-corrected chi connectivity index (χ4v) is 2.70. The molecule has 2 aromatic heterocycles. The van der Waals surface area contributed by atoms with E-state index in [4.69, 9.17) is 9.47 Å². The first-order valence-electron chi connectivity index (χ1n) is 7.79. The van der Waals surface area contributed by atoms with Gasteiger partial charge in [0, 0.05) is 18.3 Å². The first-order chi connectivity index (χ1) is 12.3. The minimum absolute atomic E-state index is 0.0504. The molecule has 3 aromatic rings. The van der Waals surface area contributed by atoms with Crippen molar-refractivity contribution in [3.05, 3.63) is 48.4 Å². The number of aromatic nitrogens is 3. The Morgan fingerprint density at radius 2 is 2.00 bits per heavy atom. The van der Waals surface area contributed by atoms with E-state index in [0.717, 1.165) is 17.8 Å². The molecule has 0 atom stereocenters. The summed E-state index contributed by atoms with van der Waals surface area (Å²) in [6, 6.07) is 7.16. The van der Waals surface area contributed by atoms with Crippen molar-refractivity contribution in [1.82, 2.24) is 14.5 Å². The second-order valence-electron chi connectivity index (χ2n) is 6.23. The van der Waals surface area contributed by atoms with Crippen LogP contribution in [0.25, 0.3) is 11.0 Å². The third kappa shape index (κ3) is 3.23. The Balaban J connectivity index is 1.57. The first-order valence-corrected chi connectivity index (χ1v) is 7.79. The van der Waals surface area contributed by atoms with E-state index >= 15 is 0 Å². The Bertz CT molecular complexity index is 934. The molecule has 1 aliphatic heterocycles. The molecule has 4 rings (SSSR count). The van der Waals surface area contributed by atoms with Crippen molar-refractivity contribution in [2.24, 2.45) is 0 Å². The zero-order valence-corrected chi connectivity index (χ0v) is 13.4. The van der Waals surface area contributed by atoms with E-state index in [1.807, 2.05) is 0 Å². The number of aliphatic hydroxyl groups is 1. The predicted molar refractivity (Wildman–Crippen MR) is 84.8 cm³/mol. The highest BCUT2D eigenvalue weighted by Gasteiger charge is 2.36. The molecule has 0 aliphatic carbocycles. The Labute approximate surface area is 145 Å². The summed E-state index contributed by atoms with van der Waals surface area (Å²) in [4.78, 5) is 7.95. The molecule has 0 unspecified atom stereocenters. The molecule has 1 N–H and O–H groups in total. The van der Waals surface area contributed by atoms with Crippen molar-refractivity contribution in [2.75, 3.05) is 13.2 Å². The summed E-state index contributed by atoms with van der Waals surface area (Å²) in [5.41, 5.74) is -0.315. The Hall–Kier alpha value is -2.65. The second kappa shape index (κ2) is 5.96. The molecular formula is C17H14F3N3O3. The van der Waals surface area contributed by atoms with Crippen molar-refractivity contribution in [1.29, 1.82) is 0 Å². The van der Waals surface area contributed by atoms with Gasteiger partial charge in [-0.1, -0.05) is 0 Å². The second-order valence-corrected chi connectivity index (χ2v) is 6.23. The summed E-state index contributed by atoms with van der Waals surface area (Å²) >= 11 is 0. The van der Waals surface area contributed by atoms with Crippen LogP contribution in [-0.2, 0) is 17.5 Å². The molecule has 0 bridgehead atoms. The average molecular weight is 365 g/mol. The van der Waals surface area contributed by atoms with E-state index in [0.29, 0.717) is 17.8 Å². The number of nitrogens with zero attached hydrogens (tertiary/aromatic N) is 3. The Kier molecular flexibility index (Phi) is 3.85.